The Morgan fingerprint density at radius 3 is 2.67 bits per heavy atom. The lowest BCUT2D eigenvalue weighted by Crippen LogP contribution is -2.48. The van der Waals surface area contributed by atoms with Crippen molar-refractivity contribution < 1.29 is 9.59 Å². The molecule has 1 heterocycles. The van der Waals surface area contributed by atoms with E-state index in [2.05, 4.69) is 21.2 Å². The molecule has 1 saturated heterocycles. The molecule has 0 bridgehead atoms. The molecule has 21 heavy (non-hydrogen) atoms. The summed E-state index contributed by atoms with van der Waals surface area (Å²) >= 11 is 3.51. The number of benzene rings is 1. The van der Waals surface area contributed by atoms with Crippen LogP contribution in [0.25, 0.3) is 0 Å². The first kappa shape index (κ1) is 15.8. The summed E-state index contributed by atoms with van der Waals surface area (Å²) in [6, 6.07) is 6.09. The maximum Gasteiger partial charge on any atom is 0.224 e. The molecule has 114 valence electrons. The Labute approximate surface area is 133 Å². The average molecular weight is 354 g/mol. The minimum Gasteiger partial charge on any atom is -0.384 e. The fourth-order valence-corrected chi connectivity index (χ4v) is 2.94. The number of anilines is 1. The number of carbonyl (C=O) groups excluding carboxylic acids is 2. The number of carbonyl (C=O) groups is 2. The summed E-state index contributed by atoms with van der Waals surface area (Å²) in [7, 11) is 0. The number of piperazine rings is 1. The highest BCUT2D eigenvalue weighted by Crippen LogP contribution is 2.23. The van der Waals surface area contributed by atoms with Gasteiger partial charge >= 0.3 is 0 Å². The van der Waals surface area contributed by atoms with Crippen molar-refractivity contribution >= 4 is 33.9 Å². The van der Waals surface area contributed by atoms with E-state index in [0.717, 1.165) is 16.6 Å². The quantitative estimate of drug-likeness (QED) is 0.822. The summed E-state index contributed by atoms with van der Waals surface area (Å²) in [5, 5.41) is 3.27. The molecular formula is C15H20BrN3O2. The van der Waals surface area contributed by atoms with Gasteiger partial charge in [-0.1, -0.05) is 6.07 Å². The van der Waals surface area contributed by atoms with E-state index in [9.17, 15) is 9.59 Å². The van der Waals surface area contributed by atoms with E-state index in [1.165, 1.54) is 5.56 Å². The van der Waals surface area contributed by atoms with Crippen molar-refractivity contribution in [1.29, 1.82) is 0 Å². The monoisotopic (exact) mass is 353 g/mol. The maximum atomic E-state index is 12.1. The van der Waals surface area contributed by atoms with E-state index in [4.69, 9.17) is 0 Å². The second-order valence-corrected chi connectivity index (χ2v) is 6.04. The largest absolute Gasteiger partial charge is 0.384 e. The number of nitrogens with zero attached hydrogens (tertiary/aromatic N) is 2. The van der Waals surface area contributed by atoms with E-state index in [1.807, 2.05) is 30.0 Å². The SMILES string of the molecule is Cc1ccc(NCCC(=O)N2CCN(C=O)CC2)c(Br)c1. The standard InChI is InChI=1S/C15H20BrN3O2/c1-12-2-3-14(13(16)10-12)17-5-4-15(21)19-8-6-18(11-20)7-9-19/h2-3,10-11,17H,4-9H2,1H3. The molecule has 0 saturated carbocycles. The molecule has 1 N–H and O–H groups in total. The van der Waals surface area contributed by atoms with Gasteiger partial charge in [-0.2, -0.15) is 0 Å². The van der Waals surface area contributed by atoms with Crippen LogP contribution in [0, 0.1) is 6.92 Å². The third-order valence-corrected chi connectivity index (χ3v) is 4.25. The molecular weight excluding hydrogens is 334 g/mol. The van der Waals surface area contributed by atoms with E-state index in [-0.39, 0.29) is 5.91 Å². The van der Waals surface area contributed by atoms with E-state index in [0.29, 0.717) is 39.1 Å². The molecule has 1 aliphatic heterocycles. The maximum absolute atomic E-state index is 12.1. The predicted molar refractivity (Wildman–Crippen MR) is 86.2 cm³/mol. The summed E-state index contributed by atoms with van der Waals surface area (Å²) in [6.45, 7) is 5.17. The Balaban J connectivity index is 1.75. The van der Waals surface area contributed by atoms with Gasteiger partial charge in [0.25, 0.3) is 0 Å². The van der Waals surface area contributed by atoms with E-state index in [1.54, 1.807) is 4.90 Å². The highest BCUT2D eigenvalue weighted by molar-refractivity contribution is 9.10. The molecule has 0 unspecified atom stereocenters. The minimum atomic E-state index is 0.135. The Morgan fingerprint density at radius 2 is 2.05 bits per heavy atom. The van der Waals surface area contributed by atoms with Crippen LogP contribution in [0.15, 0.2) is 22.7 Å². The van der Waals surface area contributed by atoms with Gasteiger partial charge in [0.05, 0.1) is 0 Å². The Kier molecular flexibility index (Phi) is 5.61. The van der Waals surface area contributed by atoms with Crippen molar-refractivity contribution in [3.63, 3.8) is 0 Å². The van der Waals surface area contributed by atoms with Crippen LogP contribution in [0.5, 0.6) is 0 Å². The predicted octanol–water partition coefficient (Wildman–Crippen LogP) is 1.86. The number of hydrogen-bond donors (Lipinski definition) is 1. The van der Waals surface area contributed by atoms with E-state index < -0.39 is 0 Å². The first-order chi connectivity index (χ1) is 10.1. The topological polar surface area (TPSA) is 52.7 Å². The lowest BCUT2D eigenvalue weighted by atomic mass is 10.2. The summed E-state index contributed by atoms with van der Waals surface area (Å²) in [5.41, 5.74) is 2.19. The molecule has 0 radical (unpaired) electrons. The van der Waals surface area contributed by atoms with Crippen molar-refractivity contribution in [2.45, 2.75) is 13.3 Å². The summed E-state index contributed by atoms with van der Waals surface area (Å²) in [6.07, 6.45) is 1.31. The summed E-state index contributed by atoms with van der Waals surface area (Å²) < 4.78 is 1.01. The number of hydrogen-bond acceptors (Lipinski definition) is 3. The van der Waals surface area contributed by atoms with Crippen LogP contribution in [0.4, 0.5) is 5.69 Å². The van der Waals surface area contributed by atoms with Crippen molar-refractivity contribution in [2.75, 3.05) is 38.0 Å². The summed E-state index contributed by atoms with van der Waals surface area (Å²) in [4.78, 5) is 26.2. The molecule has 1 aromatic carbocycles. The van der Waals surface area contributed by atoms with Gasteiger partial charge in [0.1, 0.15) is 0 Å². The van der Waals surface area contributed by atoms with Crippen LogP contribution in [0.3, 0.4) is 0 Å². The van der Waals surface area contributed by atoms with Crippen molar-refractivity contribution in [2.24, 2.45) is 0 Å². The molecule has 0 spiro atoms. The van der Waals surface area contributed by atoms with Crippen molar-refractivity contribution in [3.8, 4) is 0 Å². The second kappa shape index (κ2) is 7.45. The van der Waals surface area contributed by atoms with Crippen LogP contribution >= 0.6 is 15.9 Å². The number of rotatable bonds is 5. The molecule has 0 aliphatic carbocycles. The molecule has 1 aliphatic rings. The fourth-order valence-electron chi connectivity index (χ4n) is 2.30. The molecule has 5 nitrogen and oxygen atoms in total. The number of aryl methyl sites for hydroxylation is 1. The Hall–Kier alpha value is -1.56. The summed E-state index contributed by atoms with van der Waals surface area (Å²) in [5.74, 6) is 0.135. The highest BCUT2D eigenvalue weighted by Gasteiger charge is 2.19. The average Bonchev–Trinajstić information content (AvgIpc) is 2.49. The highest BCUT2D eigenvalue weighted by atomic mass is 79.9. The zero-order valence-corrected chi connectivity index (χ0v) is 13.7. The van der Waals surface area contributed by atoms with Crippen LogP contribution in [0.2, 0.25) is 0 Å². The zero-order valence-electron chi connectivity index (χ0n) is 12.1. The van der Waals surface area contributed by atoms with Crippen LogP contribution in [-0.2, 0) is 9.59 Å². The van der Waals surface area contributed by atoms with Crippen molar-refractivity contribution in [1.82, 2.24) is 9.80 Å². The third-order valence-electron chi connectivity index (χ3n) is 3.59. The van der Waals surface area contributed by atoms with Gasteiger partial charge in [-0.3, -0.25) is 9.59 Å². The lowest BCUT2D eigenvalue weighted by Gasteiger charge is -2.32. The molecule has 2 amide bonds. The lowest BCUT2D eigenvalue weighted by molar-refractivity contribution is -0.134. The zero-order chi connectivity index (χ0) is 15.2. The van der Waals surface area contributed by atoms with Gasteiger partial charge in [0.15, 0.2) is 0 Å². The molecule has 1 aromatic rings. The van der Waals surface area contributed by atoms with Crippen LogP contribution in [-0.4, -0.2) is 54.8 Å². The molecule has 6 heteroatoms. The van der Waals surface area contributed by atoms with Gasteiger partial charge < -0.3 is 15.1 Å². The Morgan fingerprint density at radius 1 is 1.33 bits per heavy atom. The number of amides is 2. The van der Waals surface area contributed by atoms with E-state index >= 15 is 0 Å². The van der Waals surface area contributed by atoms with Crippen LogP contribution < -0.4 is 5.32 Å². The second-order valence-electron chi connectivity index (χ2n) is 5.18. The first-order valence-electron chi connectivity index (χ1n) is 7.07. The van der Waals surface area contributed by atoms with Gasteiger partial charge in [0.2, 0.25) is 12.3 Å². The van der Waals surface area contributed by atoms with Crippen LogP contribution in [0.1, 0.15) is 12.0 Å². The number of nitrogens with one attached hydrogen (secondary N) is 1. The normalized spacial score (nSPS) is 15.0. The molecule has 2 rings (SSSR count). The first-order valence-corrected chi connectivity index (χ1v) is 7.86. The van der Waals surface area contributed by atoms with Crippen molar-refractivity contribution in [3.05, 3.63) is 28.2 Å². The van der Waals surface area contributed by atoms with Gasteiger partial charge in [-0.25, -0.2) is 0 Å². The minimum absolute atomic E-state index is 0.135. The molecule has 0 aromatic heterocycles. The number of halogens is 1. The van der Waals surface area contributed by atoms with Gasteiger partial charge in [-0.15, -0.1) is 0 Å². The third kappa shape index (κ3) is 4.46. The Bertz CT molecular complexity index is 514. The van der Waals surface area contributed by atoms with Gasteiger partial charge in [-0.05, 0) is 40.5 Å². The molecule has 0 atom stereocenters. The fraction of sp³-hybridized carbons (Fsp3) is 0.467. The van der Waals surface area contributed by atoms with Gasteiger partial charge in [0, 0.05) is 49.3 Å². The molecule has 1 fully saturated rings. The smallest absolute Gasteiger partial charge is 0.224 e.